The zero-order valence-corrected chi connectivity index (χ0v) is 9.18. The van der Waals surface area contributed by atoms with Crippen molar-refractivity contribution in [2.45, 2.75) is 26.3 Å². The van der Waals surface area contributed by atoms with Gasteiger partial charge in [0.05, 0.1) is 0 Å². The fourth-order valence-corrected chi connectivity index (χ4v) is 1.12. The molecule has 1 aromatic heterocycles. The molecule has 1 amide bonds. The predicted molar refractivity (Wildman–Crippen MR) is 53.5 cm³/mol. The van der Waals surface area contributed by atoms with Crippen LogP contribution < -0.4 is 5.32 Å². The summed E-state index contributed by atoms with van der Waals surface area (Å²) in [7, 11) is 0. The second-order valence-corrected chi connectivity index (χ2v) is 3.74. The highest BCUT2D eigenvalue weighted by atomic mass is 79.9. The normalized spacial score (nSPS) is 12.5. The maximum absolute atomic E-state index is 11.4. The molecular weight excluding hydrogens is 234 g/mol. The van der Waals surface area contributed by atoms with Gasteiger partial charge in [0, 0.05) is 12.1 Å². The molecule has 0 aliphatic carbocycles. The summed E-state index contributed by atoms with van der Waals surface area (Å²) in [5.41, 5.74) is 0.409. The topological polar surface area (TPSA) is 57.8 Å². The summed E-state index contributed by atoms with van der Waals surface area (Å²) >= 11 is 3.19. The molecule has 1 rings (SSSR count). The van der Waals surface area contributed by atoms with Gasteiger partial charge in [-0.3, -0.25) is 9.89 Å². The lowest BCUT2D eigenvalue weighted by Crippen LogP contribution is -2.32. The van der Waals surface area contributed by atoms with E-state index in [4.69, 9.17) is 0 Å². The molecule has 1 aromatic rings. The zero-order valence-electron chi connectivity index (χ0n) is 7.60. The third kappa shape index (κ3) is 2.84. The fraction of sp³-hybridized carbons (Fsp3) is 0.500. The molecule has 0 bridgehead atoms. The van der Waals surface area contributed by atoms with Crippen LogP contribution in [0.3, 0.4) is 0 Å². The first-order valence-electron chi connectivity index (χ1n) is 4.15. The van der Waals surface area contributed by atoms with Gasteiger partial charge in [-0.25, -0.2) is 0 Å². The lowest BCUT2D eigenvalue weighted by Gasteiger charge is -2.08. The first-order valence-corrected chi connectivity index (χ1v) is 4.94. The molecule has 0 saturated heterocycles. The van der Waals surface area contributed by atoms with Gasteiger partial charge in [0.1, 0.15) is 4.60 Å². The van der Waals surface area contributed by atoms with Crippen LogP contribution in [-0.2, 0) is 0 Å². The number of aromatic nitrogens is 2. The van der Waals surface area contributed by atoms with Crippen LogP contribution in [-0.4, -0.2) is 22.1 Å². The summed E-state index contributed by atoms with van der Waals surface area (Å²) in [6.45, 7) is 3.98. The van der Waals surface area contributed by atoms with E-state index in [1.54, 1.807) is 6.07 Å². The number of nitrogens with one attached hydrogen (secondary N) is 2. The minimum absolute atomic E-state index is 0.142. The van der Waals surface area contributed by atoms with E-state index in [9.17, 15) is 4.79 Å². The minimum Gasteiger partial charge on any atom is -0.348 e. The van der Waals surface area contributed by atoms with Gasteiger partial charge in [-0.2, -0.15) is 5.10 Å². The maximum Gasteiger partial charge on any atom is 0.272 e. The number of amides is 1. The third-order valence-corrected chi connectivity index (χ3v) is 2.18. The van der Waals surface area contributed by atoms with E-state index in [2.05, 4.69) is 31.4 Å². The Labute approximate surface area is 85.2 Å². The molecule has 0 radical (unpaired) electrons. The first-order chi connectivity index (χ1) is 6.13. The molecule has 2 N–H and O–H groups in total. The molecule has 13 heavy (non-hydrogen) atoms. The Kier molecular flexibility index (Phi) is 3.48. The summed E-state index contributed by atoms with van der Waals surface area (Å²) in [4.78, 5) is 11.4. The Morgan fingerprint density at radius 3 is 3.00 bits per heavy atom. The lowest BCUT2D eigenvalue weighted by molar-refractivity contribution is 0.0934. The molecule has 0 aromatic carbocycles. The van der Waals surface area contributed by atoms with Gasteiger partial charge in [0.2, 0.25) is 0 Å². The van der Waals surface area contributed by atoms with Gasteiger partial charge in [0.25, 0.3) is 5.91 Å². The van der Waals surface area contributed by atoms with Crippen LogP contribution in [0, 0.1) is 0 Å². The molecule has 1 atom stereocenters. The van der Waals surface area contributed by atoms with Gasteiger partial charge in [0.15, 0.2) is 5.69 Å². The van der Waals surface area contributed by atoms with Crippen LogP contribution in [0.25, 0.3) is 0 Å². The Morgan fingerprint density at radius 2 is 2.54 bits per heavy atom. The monoisotopic (exact) mass is 245 g/mol. The highest BCUT2D eigenvalue weighted by Gasteiger charge is 2.10. The average Bonchev–Trinajstić information content (AvgIpc) is 2.51. The molecule has 0 aliphatic heterocycles. The summed E-state index contributed by atoms with van der Waals surface area (Å²) in [6, 6.07) is 1.83. The summed E-state index contributed by atoms with van der Waals surface area (Å²) in [6.07, 6.45) is 0.914. The summed E-state index contributed by atoms with van der Waals surface area (Å²) in [5.74, 6) is -0.142. The number of H-pyrrole nitrogens is 1. The van der Waals surface area contributed by atoms with Crippen molar-refractivity contribution in [2.24, 2.45) is 0 Å². The van der Waals surface area contributed by atoms with Crippen LogP contribution in [0.1, 0.15) is 30.8 Å². The van der Waals surface area contributed by atoms with Crippen LogP contribution in [0.4, 0.5) is 0 Å². The van der Waals surface area contributed by atoms with E-state index in [1.807, 2.05) is 13.8 Å². The Bertz CT molecular complexity index is 297. The van der Waals surface area contributed by atoms with Crippen LogP contribution in [0.15, 0.2) is 10.7 Å². The number of halogens is 1. The van der Waals surface area contributed by atoms with Gasteiger partial charge < -0.3 is 5.32 Å². The molecule has 4 nitrogen and oxygen atoms in total. The van der Waals surface area contributed by atoms with Gasteiger partial charge >= 0.3 is 0 Å². The molecule has 5 heteroatoms. The lowest BCUT2D eigenvalue weighted by atomic mass is 10.2. The molecular formula is C8H12BrN3O. The number of carbonyl (C=O) groups is 1. The minimum atomic E-state index is -0.142. The predicted octanol–water partition coefficient (Wildman–Crippen LogP) is 1.70. The van der Waals surface area contributed by atoms with E-state index >= 15 is 0 Å². The van der Waals surface area contributed by atoms with Crippen molar-refractivity contribution in [3.05, 3.63) is 16.4 Å². The molecule has 0 aliphatic rings. The Balaban J connectivity index is 2.58. The number of hydrogen-bond acceptors (Lipinski definition) is 2. The molecule has 72 valence electrons. The van der Waals surface area contributed by atoms with Crippen LogP contribution in [0.2, 0.25) is 0 Å². The zero-order chi connectivity index (χ0) is 9.84. The van der Waals surface area contributed by atoms with Gasteiger partial charge in [-0.15, -0.1) is 0 Å². The molecule has 0 spiro atoms. The molecule has 1 unspecified atom stereocenters. The number of aromatic amines is 1. The Morgan fingerprint density at radius 1 is 1.85 bits per heavy atom. The van der Waals surface area contributed by atoms with E-state index in [1.165, 1.54) is 0 Å². The summed E-state index contributed by atoms with van der Waals surface area (Å²) in [5, 5.41) is 9.28. The van der Waals surface area contributed by atoms with E-state index in [0.29, 0.717) is 10.3 Å². The van der Waals surface area contributed by atoms with Gasteiger partial charge in [-0.1, -0.05) is 6.92 Å². The Hall–Kier alpha value is -0.840. The van der Waals surface area contributed by atoms with E-state index in [0.717, 1.165) is 6.42 Å². The van der Waals surface area contributed by atoms with Crippen molar-refractivity contribution in [1.82, 2.24) is 15.5 Å². The van der Waals surface area contributed by atoms with E-state index < -0.39 is 0 Å². The SMILES string of the molecule is CCC(C)NC(=O)c1cc(Br)[nH]n1. The van der Waals surface area contributed by atoms with Crippen molar-refractivity contribution in [2.75, 3.05) is 0 Å². The number of nitrogens with zero attached hydrogens (tertiary/aromatic N) is 1. The number of hydrogen-bond donors (Lipinski definition) is 2. The second kappa shape index (κ2) is 4.41. The molecule has 0 fully saturated rings. The van der Waals surface area contributed by atoms with Crippen molar-refractivity contribution >= 4 is 21.8 Å². The van der Waals surface area contributed by atoms with Gasteiger partial charge in [-0.05, 0) is 29.3 Å². The van der Waals surface area contributed by atoms with Crippen molar-refractivity contribution in [3.8, 4) is 0 Å². The fourth-order valence-electron chi connectivity index (χ4n) is 0.814. The maximum atomic E-state index is 11.4. The van der Waals surface area contributed by atoms with Crippen molar-refractivity contribution < 1.29 is 4.79 Å². The van der Waals surface area contributed by atoms with Crippen molar-refractivity contribution in [3.63, 3.8) is 0 Å². The first kappa shape index (κ1) is 10.2. The highest BCUT2D eigenvalue weighted by molar-refractivity contribution is 9.10. The number of rotatable bonds is 3. The van der Waals surface area contributed by atoms with Crippen molar-refractivity contribution in [1.29, 1.82) is 0 Å². The van der Waals surface area contributed by atoms with E-state index in [-0.39, 0.29) is 11.9 Å². The molecule has 0 saturated carbocycles. The standard InChI is InChI=1S/C8H12BrN3O/c1-3-5(2)10-8(13)6-4-7(9)12-11-6/h4-5H,3H2,1-2H3,(H,10,13)(H,11,12). The average molecular weight is 246 g/mol. The number of carbonyl (C=O) groups excluding carboxylic acids is 1. The third-order valence-electron chi connectivity index (χ3n) is 1.77. The molecule has 1 heterocycles. The largest absolute Gasteiger partial charge is 0.348 e. The van der Waals surface area contributed by atoms with Crippen LogP contribution in [0.5, 0.6) is 0 Å². The van der Waals surface area contributed by atoms with Crippen LogP contribution >= 0.6 is 15.9 Å². The smallest absolute Gasteiger partial charge is 0.272 e. The second-order valence-electron chi connectivity index (χ2n) is 2.88. The quantitative estimate of drug-likeness (QED) is 0.852. The highest BCUT2D eigenvalue weighted by Crippen LogP contribution is 2.06. The summed E-state index contributed by atoms with van der Waals surface area (Å²) < 4.78 is 0.710.